The minimum atomic E-state index is -0.630. The van der Waals surface area contributed by atoms with Crippen molar-refractivity contribution in [2.24, 2.45) is 0 Å². The summed E-state index contributed by atoms with van der Waals surface area (Å²) in [6.07, 6.45) is 3.85. The van der Waals surface area contributed by atoms with Crippen LogP contribution >= 0.6 is 0 Å². The van der Waals surface area contributed by atoms with Crippen LogP contribution in [0, 0.1) is 5.82 Å². The van der Waals surface area contributed by atoms with Gasteiger partial charge in [-0.2, -0.15) is 0 Å². The van der Waals surface area contributed by atoms with Crippen LogP contribution in [-0.4, -0.2) is 31.5 Å². The van der Waals surface area contributed by atoms with Crippen molar-refractivity contribution in [1.29, 1.82) is 0 Å². The minimum absolute atomic E-state index is 0.130. The molecule has 1 aromatic carbocycles. The van der Waals surface area contributed by atoms with Gasteiger partial charge in [0.25, 0.3) is 5.56 Å². The van der Waals surface area contributed by atoms with E-state index in [4.69, 9.17) is 0 Å². The van der Waals surface area contributed by atoms with E-state index in [2.05, 4.69) is 15.0 Å². The van der Waals surface area contributed by atoms with Crippen LogP contribution in [0.15, 0.2) is 47.5 Å². The highest BCUT2D eigenvalue weighted by molar-refractivity contribution is 5.54. The highest BCUT2D eigenvalue weighted by Crippen LogP contribution is 2.25. The quantitative estimate of drug-likeness (QED) is 0.755. The van der Waals surface area contributed by atoms with Crippen molar-refractivity contribution in [3.05, 3.63) is 75.7 Å². The number of hydrogen-bond acceptors (Lipinski definition) is 5. The first-order valence-corrected chi connectivity index (χ1v) is 8.33. The van der Waals surface area contributed by atoms with Crippen LogP contribution in [0.4, 0.5) is 4.39 Å². The molecule has 3 aromatic rings. The zero-order valence-corrected chi connectivity index (χ0v) is 13.9. The first-order chi connectivity index (χ1) is 12.6. The van der Waals surface area contributed by atoms with Gasteiger partial charge in [-0.1, -0.05) is 12.1 Å². The lowest BCUT2D eigenvalue weighted by molar-refractivity contribution is 0.236. The van der Waals surface area contributed by atoms with Crippen LogP contribution in [0.2, 0.25) is 0 Å². The fourth-order valence-electron chi connectivity index (χ4n) is 3.20. The summed E-state index contributed by atoms with van der Waals surface area (Å²) in [6, 6.07) is 8.08. The molecule has 1 aliphatic rings. The van der Waals surface area contributed by atoms with E-state index in [1.165, 1.54) is 6.07 Å². The summed E-state index contributed by atoms with van der Waals surface area (Å²) in [6.45, 7) is 1.50. The molecule has 0 saturated carbocycles. The van der Waals surface area contributed by atoms with Gasteiger partial charge in [-0.05, 0) is 24.6 Å². The number of nitrogens with one attached hydrogen (secondary N) is 1. The number of phenols is 1. The van der Waals surface area contributed by atoms with Crippen molar-refractivity contribution in [1.82, 2.24) is 19.9 Å². The Balaban J connectivity index is 1.63. The molecule has 2 N–H and O–H groups in total. The summed E-state index contributed by atoms with van der Waals surface area (Å²) in [5, 5.41) is 9.88. The van der Waals surface area contributed by atoms with E-state index in [0.717, 1.165) is 5.56 Å². The maximum absolute atomic E-state index is 13.5. The number of rotatable bonds is 3. The fraction of sp³-hybridized carbons (Fsp3) is 0.211. The van der Waals surface area contributed by atoms with Gasteiger partial charge in [0, 0.05) is 48.7 Å². The Morgan fingerprint density at radius 3 is 2.85 bits per heavy atom. The summed E-state index contributed by atoms with van der Waals surface area (Å²) < 4.78 is 13.5. The van der Waals surface area contributed by atoms with Crippen molar-refractivity contribution in [2.45, 2.75) is 19.5 Å². The SMILES string of the molecule is O=c1[nH]c(-c2ccncc2)nc2c1CCN(Cc1cccc(F)c1O)C2. The van der Waals surface area contributed by atoms with Gasteiger partial charge in [0.2, 0.25) is 0 Å². The predicted octanol–water partition coefficient (Wildman–Crippen LogP) is 2.23. The lowest BCUT2D eigenvalue weighted by Crippen LogP contribution is -2.35. The van der Waals surface area contributed by atoms with E-state index in [-0.39, 0.29) is 11.3 Å². The van der Waals surface area contributed by atoms with E-state index in [1.807, 2.05) is 4.90 Å². The van der Waals surface area contributed by atoms with Crippen LogP contribution < -0.4 is 5.56 Å². The van der Waals surface area contributed by atoms with Crippen LogP contribution in [-0.2, 0) is 19.5 Å². The number of hydrogen-bond donors (Lipinski definition) is 2. The van der Waals surface area contributed by atoms with Gasteiger partial charge in [-0.3, -0.25) is 14.7 Å². The molecule has 2 aromatic heterocycles. The van der Waals surface area contributed by atoms with Gasteiger partial charge in [-0.15, -0.1) is 0 Å². The molecule has 0 unspecified atom stereocenters. The third kappa shape index (κ3) is 3.09. The van der Waals surface area contributed by atoms with E-state index in [1.54, 1.807) is 36.7 Å². The number of nitrogens with zero attached hydrogens (tertiary/aromatic N) is 3. The Bertz CT molecular complexity index is 1000. The van der Waals surface area contributed by atoms with E-state index >= 15 is 0 Å². The van der Waals surface area contributed by atoms with Gasteiger partial charge in [-0.25, -0.2) is 9.37 Å². The Kier molecular flexibility index (Phi) is 4.22. The Hall–Kier alpha value is -3.06. The molecule has 26 heavy (non-hydrogen) atoms. The van der Waals surface area contributed by atoms with Crippen molar-refractivity contribution >= 4 is 0 Å². The molecule has 0 aliphatic carbocycles. The van der Waals surface area contributed by atoms with Gasteiger partial charge in [0.15, 0.2) is 11.6 Å². The monoisotopic (exact) mass is 352 g/mol. The minimum Gasteiger partial charge on any atom is -0.505 e. The molecule has 1 aliphatic heterocycles. The highest BCUT2D eigenvalue weighted by atomic mass is 19.1. The van der Waals surface area contributed by atoms with Gasteiger partial charge in [0.05, 0.1) is 5.69 Å². The van der Waals surface area contributed by atoms with E-state index in [9.17, 15) is 14.3 Å². The van der Waals surface area contributed by atoms with Crippen molar-refractivity contribution in [3.63, 3.8) is 0 Å². The summed E-state index contributed by atoms with van der Waals surface area (Å²) in [5.74, 6) is -0.448. The molecule has 132 valence electrons. The molecule has 3 heterocycles. The summed E-state index contributed by atoms with van der Waals surface area (Å²) in [4.78, 5) is 25.9. The molecular weight excluding hydrogens is 335 g/mol. The standard InChI is InChI=1S/C19H17FN4O2/c20-15-3-1-2-13(17(15)25)10-24-9-6-14-16(11-24)22-18(23-19(14)26)12-4-7-21-8-5-12/h1-5,7-8,25H,6,9-11H2,(H,22,23,26). The number of halogens is 1. The Morgan fingerprint density at radius 1 is 1.23 bits per heavy atom. The van der Waals surface area contributed by atoms with Crippen LogP contribution in [0.5, 0.6) is 5.75 Å². The van der Waals surface area contributed by atoms with Crippen LogP contribution in [0.3, 0.4) is 0 Å². The second-order valence-electron chi connectivity index (χ2n) is 6.28. The zero-order valence-electron chi connectivity index (χ0n) is 13.9. The second-order valence-corrected chi connectivity index (χ2v) is 6.28. The number of pyridine rings is 1. The van der Waals surface area contributed by atoms with E-state index in [0.29, 0.717) is 48.7 Å². The van der Waals surface area contributed by atoms with Gasteiger partial charge in [0.1, 0.15) is 5.82 Å². The molecular formula is C19H17FN4O2. The average molecular weight is 352 g/mol. The summed E-state index contributed by atoms with van der Waals surface area (Å²) >= 11 is 0. The molecule has 6 nitrogen and oxygen atoms in total. The third-order valence-electron chi connectivity index (χ3n) is 4.57. The third-order valence-corrected chi connectivity index (χ3v) is 4.57. The average Bonchev–Trinajstić information content (AvgIpc) is 2.66. The number of benzene rings is 1. The molecule has 0 atom stereocenters. The number of aromatic nitrogens is 3. The first kappa shape index (κ1) is 16.4. The Morgan fingerprint density at radius 2 is 2.04 bits per heavy atom. The maximum atomic E-state index is 13.5. The molecule has 0 bridgehead atoms. The van der Waals surface area contributed by atoms with Gasteiger partial charge < -0.3 is 10.1 Å². The lowest BCUT2D eigenvalue weighted by atomic mass is 10.0. The zero-order chi connectivity index (χ0) is 18.1. The molecule has 7 heteroatoms. The number of phenolic OH excluding ortho intramolecular Hbond substituents is 1. The Labute approximate surface area is 149 Å². The molecule has 0 amide bonds. The van der Waals surface area contributed by atoms with Crippen molar-refractivity contribution in [2.75, 3.05) is 6.54 Å². The number of aromatic amines is 1. The van der Waals surface area contributed by atoms with Crippen LogP contribution in [0.1, 0.15) is 16.8 Å². The normalized spacial score (nSPS) is 14.2. The number of aromatic hydroxyl groups is 1. The first-order valence-electron chi connectivity index (χ1n) is 8.33. The molecule has 0 saturated heterocycles. The molecule has 0 radical (unpaired) electrons. The van der Waals surface area contributed by atoms with Crippen molar-refractivity contribution < 1.29 is 9.50 Å². The number of H-pyrrole nitrogens is 1. The van der Waals surface area contributed by atoms with Crippen molar-refractivity contribution in [3.8, 4) is 17.1 Å². The largest absolute Gasteiger partial charge is 0.505 e. The summed E-state index contributed by atoms with van der Waals surface area (Å²) in [7, 11) is 0. The van der Waals surface area contributed by atoms with Crippen LogP contribution in [0.25, 0.3) is 11.4 Å². The summed E-state index contributed by atoms with van der Waals surface area (Å²) in [5.41, 5.74) is 2.58. The maximum Gasteiger partial charge on any atom is 0.254 e. The smallest absolute Gasteiger partial charge is 0.254 e. The van der Waals surface area contributed by atoms with Gasteiger partial charge >= 0.3 is 0 Å². The number of para-hydroxylation sites is 1. The molecule has 0 spiro atoms. The topological polar surface area (TPSA) is 82.1 Å². The fourth-order valence-corrected chi connectivity index (χ4v) is 3.20. The lowest BCUT2D eigenvalue weighted by Gasteiger charge is -2.28. The molecule has 0 fully saturated rings. The molecule has 4 rings (SSSR count). The number of fused-ring (bicyclic) bond motifs is 1. The highest BCUT2D eigenvalue weighted by Gasteiger charge is 2.22. The van der Waals surface area contributed by atoms with E-state index < -0.39 is 5.82 Å². The second kappa shape index (κ2) is 6.68. The predicted molar refractivity (Wildman–Crippen MR) is 94.0 cm³/mol.